The lowest BCUT2D eigenvalue weighted by Crippen LogP contribution is -1.98. The van der Waals surface area contributed by atoms with Crippen LogP contribution in [0.2, 0.25) is 0 Å². The molecule has 3 nitrogen and oxygen atoms in total. The Morgan fingerprint density at radius 1 is 1.47 bits per heavy atom. The average Bonchev–Trinajstić information content (AvgIpc) is 2.57. The first-order chi connectivity index (χ1) is 7.27. The van der Waals surface area contributed by atoms with Gasteiger partial charge in [-0.05, 0) is 12.1 Å². The van der Waals surface area contributed by atoms with Gasteiger partial charge in [0, 0.05) is 19.3 Å². The Morgan fingerprint density at radius 3 is 2.93 bits per heavy atom. The zero-order valence-corrected chi connectivity index (χ0v) is 9.58. The van der Waals surface area contributed by atoms with E-state index in [9.17, 15) is 0 Å². The number of hydrogen-bond acceptors (Lipinski definition) is 2. The number of rotatable bonds is 3. The first-order valence-corrected chi connectivity index (χ1v) is 5.35. The number of benzene rings is 1. The summed E-state index contributed by atoms with van der Waals surface area (Å²) in [5, 5.41) is 0. The number of hydrogen-bond donors (Lipinski definition) is 0. The Kier molecular flexibility index (Phi) is 2.82. The maximum absolute atomic E-state index is 5.72. The molecule has 0 atom stereocenters. The van der Waals surface area contributed by atoms with Gasteiger partial charge in [-0.2, -0.15) is 0 Å². The highest BCUT2D eigenvalue weighted by Gasteiger charge is 2.10. The van der Waals surface area contributed by atoms with E-state index in [4.69, 9.17) is 16.3 Å². The van der Waals surface area contributed by atoms with Crippen molar-refractivity contribution >= 4 is 22.6 Å². The van der Waals surface area contributed by atoms with E-state index in [0.717, 1.165) is 29.0 Å². The topological polar surface area (TPSA) is 27.1 Å². The first-order valence-electron chi connectivity index (χ1n) is 4.82. The molecular weight excluding hydrogens is 212 g/mol. The summed E-state index contributed by atoms with van der Waals surface area (Å²) < 4.78 is 7.32. The average molecular weight is 225 g/mol. The van der Waals surface area contributed by atoms with Crippen molar-refractivity contribution in [3.63, 3.8) is 0 Å². The summed E-state index contributed by atoms with van der Waals surface area (Å²) >= 11 is 5.72. The van der Waals surface area contributed by atoms with Crippen molar-refractivity contribution in [3.8, 4) is 5.75 Å². The summed E-state index contributed by atoms with van der Waals surface area (Å²) in [5.41, 5.74) is 1.98. The van der Waals surface area contributed by atoms with Gasteiger partial charge in [-0.3, -0.25) is 0 Å². The lowest BCUT2D eigenvalue weighted by atomic mass is 10.3. The molecule has 15 heavy (non-hydrogen) atoms. The molecular formula is C11H13ClN2O. The van der Waals surface area contributed by atoms with Crippen molar-refractivity contribution in [1.29, 1.82) is 0 Å². The van der Waals surface area contributed by atoms with Gasteiger partial charge >= 0.3 is 0 Å². The van der Waals surface area contributed by atoms with E-state index >= 15 is 0 Å². The molecule has 0 bridgehead atoms. The van der Waals surface area contributed by atoms with Gasteiger partial charge in [-0.15, -0.1) is 11.6 Å². The number of nitrogens with zero attached hydrogens (tertiary/aromatic N) is 2. The van der Waals surface area contributed by atoms with Gasteiger partial charge in [-0.1, -0.05) is 6.07 Å². The Labute approximate surface area is 93.6 Å². The zero-order valence-electron chi connectivity index (χ0n) is 8.83. The van der Waals surface area contributed by atoms with E-state index in [0.29, 0.717) is 5.88 Å². The van der Waals surface area contributed by atoms with Gasteiger partial charge in [0.15, 0.2) is 0 Å². The molecule has 0 spiro atoms. The van der Waals surface area contributed by atoms with E-state index in [1.807, 2.05) is 25.2 Å². The minimum absolute atomic E-state index is 0.583. The Hall–Kier alpha value is -1.22. The number of imidazole rings is 1. The lowest BCUT2D eigenvalue weighted by molar-refractivity contribution is 0.419. The summed E-state index contributed by atoms with van der Waals surface area (Å²) in [6.07, 6.45) is 0.774. The molecule has 2 aromatic rings. The molecule has 0 N–H and O–H groups in total. The van der Waals surface area contributed by atoms with Crippen LogP contribution in [0, 0.1) is 0 Å². The Morgan fingerprint density at radius 2 is 2.27 bits per heavy atom. The molecule has 80 valence electrons. The van der Waals surface area contributed by atoms with Crippen molar-refractivity contribution < 1.29 is 4.74 Å². The van der Waals surface area contributed by atoms with Gasteiger partial charge in [0.2, 0.25) is 0 Å². The Bertz CT molecular complexity index is 479. The smallest absolute Gasteiger partial charge is 0.146 e. The Balaban J connectivity index is 2.64. The zero-order chi connectivity index (χ0) is 10.8. The van der Waals surface area contributed by atoms with Crippen molar-refractivity contribution in [2.45, 2.75) is 6.42 Å². The molecule has 0 amide bonds. The highest BCUT2D eigenvalue weighted by atomic mass is 35.5. The highest BCUT2D eigenvalue weighted by molar-refractivity contribution is 6.17. The number of halogens is 1. The van der Waals surface area contributed by atoms with Gasteiger partial charge < -0.3 is 9.30 Å². The molecule has 4 heteroatoms. The summed E-state index contributed by atoms with van der Waals surface area (Å²) in [4.78, 5) is 4.53. The SMILES string of the molecule is COc1cccc2c1nc(CCCl)n2C. The summed E-state index contributed by atoms with van der Waals surface area (Å²) in [7, 11) is 3.65. The second-order valence-corrected chi connectivity index (χ2v) is 3.73. The van der Waals surface area contributed by atoms with E-state index in [-0.39, 0.29) is 0 Å². The number of aryl methyl sites for hydroxylation is 2. The maximum atomic E-state index is 5.72. The van der Waals surface area contributed by atoms with Crippen LogP contribution in [0.25, 0.3) is 11.0 Å². The van der Waals surface area contributed by atoms with Gasteiger partial charge in [0.25, 0.3) is 0 Å². The van der Waals surface area contributed by atoms with Crippen molar-refractivity contribution in [1.82, 2.24) is 9.55 Å². The van der Waals surface area contributed by atoms with Crippen molar-refractivity contribution in [2.24, 2.45) is 7.05 Å². The quantitative estimate of drug-likeness (QED) is 0.749. The predicted octanol–water partition coefficient (Wildman–Crippen LogP) is 2.36. The second kappa shape index (κ2) is 4.11. The summed E-state index contributed by atoms with van der Waals surface area (Å²) in [6.45, 7) is 0. The largest absolute Gasteiger partial charge is 0.494 e. The standard InChI is InChI=1S/C11H13ClN2O/c1-14-8-4-3-5-9(15-2)11(8)13-10(14)6-7-12/h3-5H,6-7H2,1-2H3. The van der Waals surface area contributed by atoms with Crippen LogP contribution in [-0.4, -0.2) is 22.5 Å². The monoisotopic (exact) mass is 224 g/mol. The van der Waals surface area contributed by atoms with Crippen LogP contribution < -0.4 is 4.74 Å². The maximum Gasteiger partial charge on any atom is 0.146 e. The van der Waals surface area contributed by atoms with Gasteiger partial charge in [-0.25, -0.2) is 4.98 Å². The number of ether oxygens (including phenoxy) is 1. The van der Waals surface area contributed by atoms with E-state index < -0.39 is 0 Å². The first kappa shape index (κ1) is 10.3. The summed E-state index contributed by atoms with van der Waals surface area (Å²) in [5.74, 6) is 2.38. The molecule has 0 aliphatic carbocycles. The van der Waals surface area contributed by atoms with Gasteiger partial charge in [0.05, 0.1) is 12.6 Å². The minimum Gasteiger partial charge on any atom is -0.494 e. The van der Waals surface area contributed by atoms with Gasteiger partial charge in [0.1, 0.15) is 17.1 Å². The molecule has 1 aromatic carbocycles. The number of alkyl halides is 1. The molecule has 1 aromatic heterocycles. The fourth-order valence-electron chi connectivity index (χ4n) is 1.71. The third kappa shape index (κ3) is 1.67. The van der Waals surface area contributed by atoms with Crippen LogP contribution in [0.4, 0.5) is 0 Å². The molecule has 0 unspecified atom stereocenters. The second-order valence-electron chi connectivity index (χ2n) is 3.35. The third-order valence-corrected chi connectivity index (χ3v) is 2.69. The molecule has 1 heterocycles. The number of methoxy groups -OCH3 is 1. The van der Waals surface area contributed by atoms with Crippen molar-refractivity contribution in [2.75, 3.05) is 13.0 Å². The minimum atomic E-state index is 0.583. The van der Waals surface area contributed by atoms with E-state index in [1.165, 1.54) is 0 Å². The normalized spacial score (nSPS) is 10.9. The lowest BCUT2D eigenvalue weighted by Gasteiger charge is -2.00. The number of aromatic nitrogens is 2. The van der Waals surface area contributed by atoms with Crippen LogP contribution in [0.5, 0.6) is 5.75 Å². The molecule has 0 aliphatic rings. The fraction of sp³-hybridized carbons (Fsp3) is 0.364. The van der Waals surface area contributed by atoms with E-state index in [1.54, 1.807) is 7.11 Å². The van der Waals surface area contributed by atoms with Crippen LogP contribution in [0.1, 0.15) is 5.82 Å². The van der Waals surface area contributed by atoms with Crippen LogP contribution >= 0.6 is 11.6 Å². The molecule has 0 radical (unpaired) electrons. The van der Waals surface area contributed by atoms with E-state index in [2.05, 4.69) is 9.55 Å². The summed E-state index contributed by atoms with van der Waals surface area (Å²) in [6, 6.07) is 5.91. The van der Waals surface area contributed by atoms with Crippen molar-refractivity contribution in [3.05, 3.63) is 24.0 Å². The highest BCUT2D eigenvalue weighted by Crippen LogP contribution is 2.25. The number of fused-ring (bicyclic) bond motifs is 1. The molecule has 0 saturated heterocycles. The molecule has 0 fully saturated rings. The predicted molar refractivity (Wildman–Crippen MR) is 61.7 cm³/mol. The molecule has 0 aliphatic heterocycles. The molecule has 0 saturated carbocycles. The fourth-order valence-corrected chi connectivity index (χ4v) is 1.88. The van der Waals surface area contributed by atoms with Crippen LogP contribution in [-0.2, 0) is 13.5 Å². The van der Waals surface area contributed by atoms with Crippen LogP contribution in [0.3, 0.4) is 0 Å². The van der Waals surface area contributed by atoms with Crippen LogP contribution in [0.15, 0.2) is 18.2 Å². The number of para-hydroxylation sites is 1. The molecule has 2 rings (SSSR count). The third-order valence-electron chi connectivity index (χ3n) is 2.51.